The molecule has 14 nitrogen and oxygen atoms in total. The van der Waals surface area contributed by atoms with Crippen LogP contribution in [0.4, 0.5) is 9.18 Å². The van der Waals surface area contributed by atoms with E-state index in [2.05, 4.69) is 20.3 Å². The van der Waals surface area contributed by atoms with Crippen molar-refractivity contribution >= 4 is 45.7 Å². The molecule has 6 atom stereocenters. The number of carbonyl (C=O) groups excluding carboxylic acids is 4. The molecule has 1 unspecified atom stereocenters. The average Bonchev–Trinajstić information content (AvgIpc) is 3.99. The highest BCUT2D eigenvalue weighted by Gasteiger charge is 2.62. The smallest absolute Gasteiger partial charge is 0.408 e. The Bertz CT molecular complexity index is 1910. The lowest BCUT2D eigenvalue weighted by Crippen LogP contribution is -2.58. The number of nitrogens with zero attached hydrogens (tertiary/aromatic N) is 2. The number of hydrogen-bond acceptors (Lipinski definition) is 10. The third-order valence-corrected chi connectivity index (χ3v) is 12.3. The Kier molecular flexibility index (Phi) is 11.9. The molecule has 1 aromatic heterocycles. The van der Waals surface area contributed by atoms with Crippen LogP contribution in [0.3, 0.4) is 0 Å². The fraction of sp³-hybridized carbons (Fsp3) is 0.625. The van der Waals surface area contributed by atoms with Crippen LogP contribution in [0.1, 0.15) is 99.3 Å². The molecule has 1 aromatic carbocycles. The normalized spacial score (nSPS) is 27.4. The molecule has 3 N–H and O–H groups in total. The zero-order chi connectivity index (χ0) is 40.6. The van der Waals surface area contributed by atoms with Crippen LogP contribution in [0.5, 0.6) is 17.4 Å². The first-order chi connectivity index (χ1) is 26.4. The van der Waals surface area contributed by atoms with Gasteiger partial charge in [0.15, 0.2) is 11.6 Å². The first-order valence-corrected chi connectivity index (χ1v) is 20.6. The van der Waals surface area contributed by atoms with Gasteiger partial charge in [-0.15, -0.1) is 0 Å². The molecule has 6 rings (SSSR count). The van der Waals surface area contributed by atoms with Crippen LogP contribution < -0.4 is 29.6 Å². The van der Waals surface area contributed by atoms with E-state index >= 15 is 0 Å². The van der Waals surface area contributed by atoms with Crippen LogP contribution in [0.2, 0.25) is 0 Å². The van der Waals surface area contributed by atoms with Gasteiger partial charge in [-0.05, 0) is 92.2 Å². The van der Waals surface area contributed by atoms with Gasteiger partial charge in [0, 0.05) is 23.8 Å². The number of methoxy groups -OCH3 is 1. The molecule has 4 amide bonds. The van der Waals surface area contributed by atoms with Gasteiger partial charge in [-0.3, -0.25) is 19.1 Å². The summed E-state index contributed by atoms with van der Waals surface area (Å²) < 4.78 is 53.4. The van der Waals surface area contributed by atoms with Crippen molar-refractivity contribution in [1.29, 1.82) is 0 Å². The molecule has 0 radical (unpaired) electrons. The van der Waals surface area contributed by atoms with Crippen LogP contribution in [-0.4, -0.2) is 91.7 Å². The molecule has 2 aliphatic heterocycles. The molecule has 1 saturated heterocycles. The average molecular weight is 800 g/mol. The molecule has 56 heavy (non-hydrogen) atoms. The van der Waals surface area contributed by atoms with Gasteiger partial charge < -0.3 is 34.5 Å². The lowest BCUT2D eigenvalue weighted by atomic mass is 10.0. The minimum atomic E-state index is -1.64. The summed E-state index contributed by atoms with van der Waals surface area (Å²) in [7, 11) is -0.304. The van der Waals surface area contributed by atoms with Crippen LogP contribution >= 0.6 is 0 Å². The molecule has 0 bridgehead atoms. The van der Waals surface area contributed by atoms with E-state index in [0.29, 0.717) is 24.6 Å². The Labute approximate surface area is 329 Å². The number of carbonyl (C=O) groups is 4. The van der Waals surface area contributed by atoms with Crippen LogP contribution in [-0.2, 0) is 30.1 Å². The molecule has 3 heterocycles. The van der Waals surface area contributed by atoms with Crippen molar-refractivity contribution in [2.75, 3.05) is 13.7 Å². The summed E-state index contributed by atoms with van der Waals surface area (Å²) >= 11 is 0. The van der Waals surface area contributed by atoms with E-state index < -0.39 is 74.7 Å². The number of hydrogen-bond donors (Lipinski definition) is 3. The summed E-state index contributed by atoms with van der Waals surface area (Å²) in [6.07, 6.45) is 7.10. The summed E-state index contributed by atoms with van der Waals surface area (Å²) in [6, 6.07) is 2.19. The Morgan fingerprint density at radius 1 is 1.14 bits per heavy atom. The van der Waals surface area contributed by atoms with E-state index in [-0.39, 0.29) is 47.9 Å². The standard InChI is InChI=1S/C40H54FN5O9S/c1-23(2)53-31-20-30(26-15-16-27(41)33(52-7)32(26)43-31)54-25-19-29-34(47)44-40(36(49)45-56(51)39(6)17-18-39)21-24(40)13-11-9-8-10-12-14-28(35(48)46(29)22-25)42-37(50)55-38(3,4)5/h11,13,15-16,20,23-25,28-29H,8-10,12,14,17-19,21-22H2,1-7H3,(H,42,50)(H,44,47)(H,45,49)/b13-11-/t24-,25-,28+,29+,40-,56?/m1/s1. The molecule has 3 fully saturated rings. The second-order valence-electron chi connectivity index (χ2n) is 16.8. The van der Waals surface area contributed by atoms with Gasteiger partial charge in [0.05, 0.1) is 24.5 Å². The highest BCUT2D eigenvalue weighted by molar-refractivity contribution is 7.85. The van der Waals surface area contributed by atoms with Gasteiger partial charge >= 0.3 is 6.09 Å². The number of fused-ring (bicyclic) bond motifs is 3. The number of benzene rings is 1. The van der Waals surface area contributed by atoms with E-state index in [1.807, 2.05) is 32.9 Å². The topological polar surface area (TPSA) is 174 Å². The molecule has 2 saturated carbocycles. The summed E-state index contributed by atoms with van der Waals surface area (Å²) in [5.41, 5.74) is -2.01. The highest BCUT2D eigenvalue weighted by atomic mass is 32.2. The largest absolute Gasteiger partial charge is 0.491 e. The van der Waals surface area contributed by atoms with Crippen molar-refractivity contribution in [3.63, 3.8) is 0 Å². The van der Waals surface area contributed by atoms with Crippen LogP contribution in [0, 0.1) is 11.7 Å². The monoisotopic (exact) mass is 799 g/mol. The maximum atomic E-state index is 14.9. The second-order valence-corrected chi connectivity index (χ2v) is 18.5. The van der Waals surface area contributed by atoms with Crippen LogP contribution in [0.25, 0.3) is 10.9 Å². The van der Waals surface area contributed by atoms with E-state index in [1.54, 1.807) is 26.8 Å². The van der Waals surface area contributed by atoms with E-state index in [1.165, 1.54) is 24.1 Å². The molecule has 16 heteroatoms. The quantitative estimate of drug-likeness (QED) is 0.288. The Hall–Kier alpha value is -4.47. The fourth-order valence-electron chi connectivity index (χ4n) is 7.24. The number of nitrogens with one attached hydrogen (secondary N) is 3. The minimum absolute atomic E-state index is 0.0153. The summed E-state index contributed by atoms with van der Waals surface area (Å²) in [4.78, 5) is 61.9. The molecular formula is C40H54FN5O9S. The zero-order valence-corrected chi connectivity index (χ0v) is 34.0. The summed E-state index contributed by atoms with van der Waals surface area (Å²) in [5.74, 6) is -2.25. The minimum Gasteiger partial charge on any atom is -0.491 e. The molecule has 306 valence electrons. The number of rotatable bonds is 9. The molecule has 4 aliphatic rings. The van der Waals surface area contributed by atoms with Crippen molar-refractivity contribution in [3.8, 4) is 17.4 Å². The van der Waals surface area contributed by atoms with Gasteiger partial charge in [-0.1, -0.05) is 25.0 Å². The zero-order valence-electron chi connectivity index (χ0n) is 33.2. The molecule has 2 aromatic rings. The summed E-state index contributed by atoms with van der Waals surface area (Å²) in [5, 5.41) is 6.14. The Balaban J connectivity index is 1.35. The lowest BCUT2D eigenvalue weighted by molar-refractivity contribution is -0.141. The molecular weight excluding hydrogens is 746 g/mol. The second kappa shape index (κ2) is 16.2. The number of aromatic nitrogens is 1. The number of pyridine rings is 1. The van der Waals surface area contributed by atoms with Gasteiger partial charge in [0.2, 0.25) is 17.7 Å². The van der Waals surface area contributed by atoms with E-state index in [4.69, 9.17) is 18.9 Å². The van der Waals surface area contributed by atoms with Crippen molar-refractivity contribution in [1.82, 2.24) is 25.2 Å². The first kappa shape index (κ1) is 41.2. The van der Waals surface area contributed by atoms with Gasteiger partial charge in [0.1, 0.15) is 51.6 Å². The first-order valence-electron chi connectivity index (χ1n) is 19.5. The molecule has 0 spiro atoms. The van der Waals surface area contributed by atoms with Crippen molar-refractivity contribution in [2.45, 2.75) is 140 Å². The SMILES string of the molecule is COc1c(F)ccc2c(O[C@@H]3C[C@H]4C(=O)N[C@]5(C(=O)NS(=O)C6(C)CC6)C[C@H]5/C=C\CCCCC[C@H](NC(=O)OC(C)(C)C)C(=O)N4C3)cc(OC(C)C)nc12. The Morgan fingerprint density at radius 3 is 2.57 bits per heavy atom. The van der Waals surface area contributed by atoms with Crippen molar-refractivity contribution in [3.05, 3.63) is 36.2 Å². The predicted molar refractivity (Wildman–Crippen MR) is 207 cm³/mol. The lowest BCUT2D eigenvalue weighted by Gasteiger charge is -2.30. The number of amides is 4. The third-order valence-electron chi connectivity index (χ3n) is 10.6. The number of halogens is 1. The third kappa shape index (κ3) is 9.21. The number of alkyl carbamates (subject to hydrolysis) is 1. The highest BCUT2D eigenvalue weighted by Crippen LogP contribution is 2.47. The van der Waals surface area contributed by atoms with Crippen LogP contribution in [0.15, 0.2) is 30.4 Å². The fourth-order valence-corrected chi connectivity index (χ4v) is 8.31. The van der Waals surface area contributed by atoms with Crippen molar-refractivity contribution in [2.24, 2.45) is 5.92 Å². The predicted octanol–water partition coefficient (Wildman–Crippen LogP) is 5.14. The van der Waals surface area contributed by atoms with Gasteiger partial charge in [-0.2, -0.15) is 0 Å². The van der Waals surface area contributed by atoms with Crippen molar-refractivity contribution < 1.29 is 46.7 Å². The van der Waals surface area contributed by atoms with E-state index in [9.17, 15) is 27.8 Å². The number of ether oxygens (including phenoxy) is 4. The molecule has 2 aliphatic carbocycles. The maximum absolute atomic E-state index is 14.9. The maximum Gasteiger partial charge on any atom is 0.408 e. The van der Waals surface area contributed by atoms with Gasteiger partial charge in [0.25, 0.3) is 5.91 Å². The number of allylic oxidation sites excluding steroid dienone is 1. The van der Waals surface area contributed by atoms with Gasteiger partial charge in [-0.25, -0.2) is 18.4 Å². The Morgan fingerprint density at radius 2 is 1.89 bits per heavy atom. The summed E-state index contributed by atoms with van der Waals surface area (Å²) in [6.45, 7) is 10.6. The van der Waals surface area contributed by atoms with E-state index in [0.717, 1.165) is 32.1 Å².